The monoisotopic (exact) mass is 337 g/mol. The summed E-state index contributed by atoms with van der Waals surface area (Å²) >= 11 is 0. The van der Waals surface area contributed by atoms with Crippen molar-refractivity contribution in [2.24, 2.45) is 7.05 Å². The molecule has 7 nitrogen and oxygen atoms in total. The minimum Gasteiger partial charge on any atom is -0.339 e. The van der Waals surface area contributed by atoms with Gasteiger partial charge in [-0.25, -0.2) is 0 Å². The van der Waals surface area contributed by atoms with Crippen LogP contribution in [0, 0.1) is 0 Å². The number of carbonyl (C=O) groups is 1. The smallest absolute Gasteiger partial charge is 0.232 e. The third-order valence-corrected chi connectivity index (χ3v) is 4.54. The quantitative estimate of drug-likeness (QED) is 0.791. The average molecular weight is 337 g/mol. The second-order valence-electron chi connectivity index (χ2n) is 6.26. The van der Waals surface area contributed by atoms with Gasteiger partial charge in [0.05, 0.1) is 17.8 Å². The van der Waals surface area contributed by atoms with E-state index < -0.39 is 0 Å². The molecule has 1 aromatic carbocycles. The molecule has 25 heavy (non-hydrogen) atoms. The summed E-state index contributed by atoms with van der Waals surface area (Å²) in [5.41, 5.74) is 3.89. The Hall–Kier alpha value is -2.96. The van der Waals surface area contributed by atoms with Gasteiger partial charge in [0.1, 0.15) is 0 Å². The number of hydrogen-bond donors (Lipinski definition) is 1. The second kappa shape index (κ2) is 6.16. The average Bonchev–Trinajstić information content (AvgIpc) is 3.33. The number of aryl methyl sites for hydroxylation is 3. The van der Waals surface area contributed by atoms with Gasteiger partial charge in [-0.1, -0.05) is 24.2 Å². The first-order valence-electron chi connectivity index (χ1n) is 8.39. The van der Waals surface area contributed by atoms with Crippen LogP contribution in [0.5, 0.6) is 0 Å². The van der Waals surface area contributed by atoms with Gasteiger partial charge in [-0.15, -0.1) is 0 Å². The van der Waals surface area contributed by atoms with E-state index in [0.717, 1.165) is 29.7 Å². The van der Waals surface area contributed by atoms with Gasteiger partial charge in [-0.05, 0) is 30.0 Å². The van der Waals surface area contributed by atoms with Crippen LogP contribution in [0.15, 0.2) is 35.1 Å². The van der Waals surface area contributed by atoms with Gasteiger partial charge < -0.3 is 9.84 Å². The molecule has 0 radical (unpaired) electrons. The van der Waals surface area contributed by atoms with Crippen LogP contribution in [0.25, 0.3) is 11.4 Å². The van der Waals surface area contributed by atoms with E-state index in [-0.39, 0.29) is 11.8 Å². The van der Waals surface area contributed by atoms with Crippen molar-refractivity contribution in [3.63, 3.8) is 0 Å². The molecule has 0 spiro atoms. The molecule has 0 aliphatic heterocycles. The molecule has 3 aromatic rings. The van der Waals surface area contributed by atoms with E-state index in [2.05, 4.69) is 26.6 Å². The van der Waals surface area contributed by atoms with Crippen molar-refractivity contribution in [3.8, 4) is 11.4 Å². The zero-order valence-corrected chi connectivity index (χ0v) is 14.2. The number of anilines is 1. The van der Waals surface area contributed by atoms with E-state index in [1.54, 1.807) is 17.1 Å². The first-order valence-corrected chi connectivity index (χ1v) is 8.39. The van der Waals surface area contributed by atoms with E-state index in [9.17, 15) is 4.79 Å². The molecule has 4 rings (SSSR count). The van der Waals surface area contributed by atoms with Crippen molar-refractivity contribution in [2.75, 3.05) is 5.32 Å². The molecule has 1 amide bonds. The van der Waals surface area contributed by atoms with Crippen LogP contribution in [-0.4, -0.2) is 25.8 Å². The zero-order chi connectivity index (χ0) is 17.4. The fourth-order valence-electron chi connectivity index (χ4n) is 3.26. The fraction of sp³-hybridized carbons (Fsp3) is 0.333. The van der Waals surface area contributed by atoms with E-state index >= 15 is 0 Å². The molecule has 2 aromatic heterocycles. The minimum atomic E-state index is -0.138. The molecule has 1 unspecified atom stereocenters. The third-order valence-electron chi connectivity index (χ3n) is 4.54. The normalized spacial score (nSPS) is 16.0. The van der Waals surface area contributed by atoms with Gasteiger partial charge in [-0.3, -0.25) is 9.48 Å². The van der Waals surface area contributed by atoms with Crippen LogP contribution in [-0.2, 0) is 24.7 Å². The standard InChI is InChI=1S/C18H19N5O2/c1-3-16-21-17(22-25-16)12-5-6-14-11(8-12)4-7-15(14)18(24)20-13-9-19-23(2)10-13/h5-6,8-10,15H,3-4,7H2,1-2H3,(H,20,24). The van der Waals surface area contributed by atoms with Gasteiger partial charge >= 0.3 is 0 Å². The lowest BCUT2D eigenvalue weighted by molar-refractivity contribution is -0.117. The number of nitrogens with zero attached hydrogens (tertiary/aromatic N) is 4. The maximum Gasteiger partial charge on any atom is 0.232 e. The number of aromatic nitrogens is 4. The summed E-state index contributed by atoms with van der Waals surface area (Å²) in [6, 6.07) is 6.03. The topological polar surface area (TPSA) is 85.8 Å². The van der Waals surface area contributed by atoms with E-state index in [0.29, 0.717) is 18.1 Å². The first kappa shape index (κ1) is 15.6. The van der Waals surface area contributed by atoms with E-state index in [1.807, 2.05) is 26.1 Å². The molecular formula is C18H19N5O2. The predicted octanol–water partition coefficient (Wildman–Crippen LogP) is 2.70. The SMILES string of the molecule is CCc1nc(-c2ccc3c(c2)CCC3C(=O)Nc2cnn(C)c2)no1. The minimum absolute atomic E-state index is 0.00679. The molecule has 2 heterocycles. The lowest BCUT2D eigenvalue weighted by atomic mass is 9.99. The summed E-state index contributed by atoms with van der Waals surface area (Å²) in [7, 11) is 1.82. The highest BCUT2D eigenvalue weighted by atomic mass is 16.5. The number of rotatable bonds is 4. The molecule has 7 heteroatoms. The van der Waals surface area contributed by atoms with Crippen LogP contribution in [0.2, 0.25) is 0 Å². The number of carbonyl (C=O) groups excluding carboxylic acids is 1. The number of fused-ring (bicyclic) bond motifs is 1. The van der Waals surface area contributed by atoms with Gasteiger partial charge in [0.25, 0.3) is 0 Å². The molecule has 0 saturated carbocycles. The van der Waals surface area contributed by atoms with Crippen LogP contribution in [0.3, 0.4) is 0 Å². The Balaban J connectivity index is 1.55. The molecule has 0 bridgehead atoms. The highest BCUT2D eigenvalue weighted by molar-refractivity contribution is 5.96. The molecule has 0 fully saturated rings. The van der Waals surface area contributed by atoms with Gasteiger partial charge in [0.2, 0.25) is 17.6 Å². The van der Waals surface area contributed by atoms with Crippen LogP contribution in [0.1, 0.15) is 36.3 Å². The zero-order valence-electron chi connectivity index (χ0n) is 14.2. The number of hydrogen-bond acceptors (Lipinski definition) is 5. The van der Waals surface area contributed by atoms with Gasteiger partial charge in [0, 0.05) is 25.2 Å². The van der Waals surface area contributed by atoms with Crippen LogP contribution < -0.4 is 5.32 Å². The van der Waals surface area contributed by atoms with E-state index in [1.165, 1.54) is 5.56 Å². The number of nitrogens with one attached hydrogen (secondary N) is 1. The van der Waals surface area contributed by atoms with Crippen molar-refractivity contribution >= 4 is 11.6 Å². The Kier molecular flexibility index (Phi) is 3.83. The summed E-state index contributed by atoms with van der Waals surface area (Å²) in [5.74, 6) is 1.10. The lowest BCUT2D eigenvalue weighted by Crippen LogP contribution is -2.19. The second-order valence-corrected chi connectivity index (χ2v) is 6.26. The molecule has 1 N–H and O–H groups in total. The Morgan fingerprint density at radius 1 is 1.44 bits per heavy atom. The summed E-state index contributed by atoms with van der Waals surface area (Å²) in [6.45, 7) is 1.98. The van der Waals surface area contributed by atoms with Crippen molar-refractivity contribution < 1.29 is 9.32 Å². The van der Waals surface area contributed by atoms with Crippen molar-refractivity contribution in [1.29, 1.82) is 0 Å². The highest BCUT2D eigenvalue weighted by Crippen LogP contribution is 2.36. The Morgan fingerprint density at radius 3 is 3.04 bits per heavy atom. The van der Waals surface area contributed by atoms with Gasteiger partial charge in [0.15, 0.2) is 0 Å². The molecule has 128 valence electrons. The predicted molar refractivity (Wildman–Crippen MR) is 92.0 cm³/mol. The molecular weight excluding hydrogens is 318 g/mol. The molecule has 1 aliphatic rings. The van der Waals surface area contributed by atoms with Crippen LogP contribution >= 0.6 is 0 Å². The molecule has 1 atom stereocenters. The highest BCUT2D eigenvalue weighted by Gasteiger charge is 2.29. The Labute approximate surface area is 145 Å². The lowest BCUT2D eigenvalue weighted by Gasteiger charge is -2.11. The molecule has 0 saturated heterocycles. The Morgan fingerprint density at radius 2 is 2.32 bits per heavy atom. The third kappa shape index (κ3) is 2.93. The summed E-state index contributed by atoms with van der Waals surface area (Å²) < 4.78 is 6.85. The first-order chi connectivity index (χ1) is 12.1. The summed E-state index contributed by atoms with van der Waals surface area (Å²) in [5, 5.41) is 11.0. The summed E-state index contributed by atoms with van der Waals surface area (Å²) in [4.78, 5) is 17.0. The largest absolute Gasteiger partial charge is 0.339 e. The maximum absolute atomic E-state index is 12.6. The number of amides is 1. The van der Waals surface area contributed by atoms with Gasteiger partial charge in [-0.2, -0.15) is 10.1 Å². The summed E-state index contributed by atoms with van der Waals surface area (Å²) in [6.07, 6.45) is 5.83. The van der Waals surface area contributed by atoms with E-state index in [4.69, 9.17) is 4.52 Å². The van der Waals surface area contributed by atoms with Crippen LogP contribution in [0.4, 0.5) is 5.69 Å². The van der Waals surface area contributed by atoms with Crippen molar-refractivity contribution in [1.82, 2.24) is 19.9 Å². The Bertz CT molecular complexity index is 927. The van der Waals surface area contributed by atoms with Crippen molar-refractivity contribution in [2.45, 2.75) is 32.1 Å². The van der Waals surface area contributed by atoms with Crippen molar-refractivity contribution in [3.05, 3.63) is 47.6 Å². The fourth-order valence-corrected chi connectivity index (χ4v) is 3.26. The molecule has 1 aliphatic carbocycles. The maximum atomic E-state index is 12.6. The number of benzene rings is 1.